The van der Waals surface area contributed by atoms with Crippen LogP contribution in [0.15, 0.2) is 42.6 Å². The van der Waals surface area contributed by atoms with Gasteiger partial charge in [-0.15, -0.1) is 0 Å². The lowest BCUT2D eigenvalue weighted by Gasteiger charge is -2.12. The Labute approximate surface area is 128 Å². The Morgan fingerprint density at radius 2 is 1.90 bits per heavy atom. The van der Waals surface area contributed by atoms with Crippen LogP contribution in [-0.4, -0.2) is 4.98 Å². The summed E-state index contributed by atoms with van der Waals surface area (Å²) in [4.78, 5) is 4.44. The first-order valence-electron chi connectivity index (χ1n) is 6.67. The summed E-state index contributed by atoms with van der Waals surface area (Å²) in [5, 5.41) is 11.0. The molecule has 2 aromatic carbocycles. The topological polar surface area (TPSA) is 36.7 Å². The fourth-order valence-electron chi connectivity index (χ4n) is 2.70. The molecule has 102 valence electrons. The molecular weight excluding hydrogens is 280 g/mol. The van der Waals surface area contributed by atoms with Gasteiger partial charge in [0.25, 0.3) is 0 Å². The molecule has 1 heterocycles. The first-order valence-corrected chi connectivity index (χ1v) is 7.04. The van der Waals surface area contributed by atoms with Crippen LogP contribution in [0, 0.1) is 25.2 Å². The van der Waals surface area contributed by atoms with Gasteiger partial charge in [-0.3, -0.25) is 4.98 Å². The molecule has 3 rings (SSSR count). The van der Waals surface area contributed by atoms with Crippen LogP contribution in [0.3, 0.4) is 0 Å². The zero-order valence-electron chi connectivity index (χ0n) is 11.8. The van der Waals surface area contributed by atoms with E-state index in [4.69, 9.17) is 11.6 Å². The minimum Gasteiger partial charge on any atom is -0.255 e. The Hall–Kier alpha value is -2.37. The van der Waals surface area contributed by atoms with Crippen LogP contribution in [-0.2, 0) is 0 Å². The van der Waals surface area contributed by atoms with Crippen LogP contribution in [0.25, 0.3) is 22.0 Å². The number of hydrogen-bond donors (Lipinski definition) is 0. The van der Waals surface area contributed by atoms with Crippen molar-refractivity contribution >= 4 is 22.5 Å². The number of halogens is 1. The molecule has 0 atom stereocenters. The highest BCUT2D eigenvalue weighted by Gasteiger charge is 2.14. The second-order valence-corrected chi connectivity index (χ2v) is 5.52. The predicted octanol–water partition coefficient (Wildman–Crippen LogP) is 5.04. The van der Waals surface area contributed by atoms with Gasteiger partial charge < -0.3 is 0 Å². The number of aryl methyl sites for hydroxylation is 2. The first-order chi connectivity index (χ1) is 10.1. The Morgan fingerprint density at radius 1 is 1.14 bits per heavy atom. The van der Waals surface area contributed by atoms with E-state index in [1.165, 1.54) is 0 Å². The van der Waals surface area contributed by atoms with Crippen molar-refractivity contribution in [3.8, 4) is 17.2 Å². The van der Waals surface area contributed by atoms with Gasteiger partial charge >= 0.3 is 0 Å². The number of pyridine rings is 1. The number of hydrogen-bond acceptors (Lipinski definition) is 2. The number of nitrogens with zero attached hydrogens (tertiary/aromatic N) is 2. The largest absolute Gasteiger partial charge is 0.255 e. The minimum atomic E-state index is 0.542. The second kappa shape index (κ2) is 5.20. The highest BCUT2D eigenvalue weighted by Crippen LogP contribution is 2.36. The monoisotopic (exact) mass is 292 g/mol. The van der Waals surface area contributed by atoms with Crippen molar-refractivity contribution in [3.63, 3.8) is 0 Å². The molecule has 0 unspecified atom stereocenters. The zero-order chi connectivity index (χ0) is 15.0. The Balaban J connectivity index is 2.51. The van der Waals surface area contributed by atoms with Crippen molar-refractivity contribution in [2.45, 2.75) is 13.8 Å². The van der Waals surface area contributed by atoms with Crippen LogP contribution >= 0.6 is 11.6 Å². The normalized spacial score (nSPS) is 10.6. The number of fused-ring (bicyclic) bond motifs is 1. The molecule has 3 aromatic rings. The van der Waals surface area contributed by atoms with Crippen molar-refractivity contribution in [1.29, 1.82) is 5.26 Å². The molecule has 0 bridgehead atoms. The van der Waals surface area contributed by atoms with Gasteiger partial charge in [0.05, 0.1) is 11.1 Å². The van der Waals surface area contributed by atoms with Crippen LogP contribution in [0.4, 0.5) is 0 Å². The smallest absolute Gasteiger partial charge is 0.101 e. The Morgan fingerprint density at radius 3 is 2.62 bits per heavy atom. The van der Waals surface area contributed by atoms with Gasteiger partial charge in [-0.25, -0.2) is 0 Å². The van der Waals surface area contributed by atoms with E-state index in [-0.39, 0.29) is 0 Å². The fraction of sp³-hybridized carbons (Fsp3) is 0.111. The molecule has 0 spiro atoms. The van der Waals surface area contributed by atoms with Crippen molar-refractivity contribution in [3.05, 3.63) is 64.3 Å². The summed E-state index contributed by atoms with van der Waals surface area (Å²) in [6.07, 6.45) is 1.63. The van der Waals surface area contributed by atoms with Crippen LogP contribution in [0.5, 0.6) is 0 Å². The lowest BCUT2D eigenvalue weighted by molar-refractivity contribution is 1.32. The van der Waals surface area contributed by atoms with Gasteiger partial charge in [-0.2, -0.15) is 5.26 Å². The first kappa shape index (κ1) is 13.6. The summed E-state index contributed by atoms with van der Waals surface area (Å²) in [6, 6.07) is 14.0. The number of aromatic nitrogens is 1. The third kappa shape index (κ3) is 2.26. The third-order valence-electron chi connectivity index (χ3n) is 3.57. The number of benzene rings is 2. The fourth-order valence-corrected chi connectivity index (χ4v) is 2.93. The molecule has 0 saturated heterocycles. The second-order valence-electron chi connectivity index (χ2n) is 5.12. The molecule has 0 fully saturated rings. The predicted molar refractivity (Wildman–Crippen MR) is 86.4 cm³/mol. The maximum atomic E-state index is 9.44. The SMILES string of the molecule is Cc1cc(C)c2ncc(C#N)c(-c3ccccc3Cl)c2c1. The van der Waals surface area contributed by atoms with Gasteiger partial charge in [0.15, 0.2) is 0 Å². The molecule has 0 saturated carbocycles. The summed E-state index contributed by atoms with van der Waals surface area (Å²) in [6.45, 7) is 4.08. The molecule has 0 amide bonds. The minimum absolute atomic E-state index is 0.542. The Bertz CT molecular complexity index is 892. The average Bonchev–Trinajstić information content (AvgIpc) is 2.47. The molecule has 1 aromatic heterocycles. The summed E-state index contributed by atoms with van der Waals surface area (Å²) in [5.74, 6) is 0. The van der Waals surface area contributed by atoms with Crippen LogP contribution in [0.1, 0.15) is 16.7 Å². The van der Waals surface area contributed by atoms with Crippen molar-refractivity contribution in [2.24, 2.45) is 0 Å². The lowest BCUT2D eigenvalue weighted by Crippen LogP contribution is -1.93. The van der Waals surface area contributed by atoms with Gasteiger partial charge in [-0.05, 0) is 31.5 Å². The van der Waals surface area contributed by atoms with E-state index < -0.39 is 0 Å². The molecular formula is C18H13ClN2. The number of nitriles is 1. The van der Waals surface area contributed by atoms with Gasteiger partial charge in [0, 0.05) is 27.7 Å². The van der Waals surface area contributed by atoms with E-state index in [0.29, 0.717) is 10.6 Å². The molecule has 21 heavy (non-hydrogen) atoms. The molecule has 2 nitrogen and oxygen atoms in total. The summed E-state index contributed by atoms with van der Waals surface area (Å²) < 4.78 is 0. The zero-order valence-corrected chi connectivity index (χ0v) is 12.6. The average molecular weight is 293 g/mol. The highest BCUT2D eigenvalue weighted by molar-refractivity contribution is 6.33. The van der Waals surface area contributed by atoms with Crippen molar-refractivity contribution in [1.82, 2.24) is 4.98 Å². The maximum Gasteiger partial charge on any atom is 0.101 e. The molecule has 3 heteroatoms. The quantitative estimate of drug-likeness (QED) is 0.630. The summed E-state index contributed by atoms with van der Waals surface area (Å²) >= 11 is 6.34. The molecule has 0 aliphatic rings. The molecule has 0 radical (unpaired) electrons. The van der Waals surface area contributed by atoms with E-state index in [0.717, 1.165) is 33.2 Å². The highest BCUT2D eigenvalue weighted by atomic mass is 35.5. The van der Waals surface area contributed by atoms with Crippen LogP contribution in [0.2, 0.25) is 5.02 Å². The number of rotatable bonds is 1. The van der Waals surface area contributed by atoms with E-state index in [2.05, 4.69) is 23.2 Å². The van der Waals surface area contributed by atoms with E-state index in [9.17, 15) is 5.26 Å². The lowest BCUT2D eigenvalue weighted by atomic mass is 9.94. The molecule has 0 aliphatic carbocycles. The van der Waals surface area contributed by atoms with Gasteiger partial charge in [0.2, 0.25) is 0 Å². The standard InChI is InChI=1S/C18H13ClN2/c1-11-7-12(2)18-15(8-11)17(13(9-20)10-21-18)14-5-3-4-6-16(14)19/h3-8,10H,1-2H3. The van der Waals surface area contributed by atoms with Gasteiger partial charge in [0.1, 0.15) is 6.07 Å². The molecule has 0 N–H and O–H groups in total. The summed E-state index contributed by atoms with van der Waals surface area (Å²) in [5.41, 5.74) is 5.43. The third-order valence-corrected chi connectivity index (χ3v) is 3.90. The maximum absolute atomic E-state index is 9.44. The van der Waals surface area contributed by atoms with Crippen molar-refractivity contribution < 1.29 is 0 Å². The van der Waals surface area contributed by atoms with E-state index >= 15 is 0 Å². The van der Waals surface area contributed by atoms with E-state index in [1.54, 1.807) is 6.20 Å². The van der Waals surface area contributed by atoms with E-state index in [1.807, 2.05) is 38.1 Å². The Kier molecular flexibility index (Phi) is 3.37. The van der Waals surface area contributed by atoms with Crippen LogP contribution < -0.4 is 0 Å². The van der Waals surface area contributed by atoms with Crippen molar-refractivity contribution in [2.75, 3.05) is 0 Å². The summed E-state index contributed by atoms with van der Waals surface area (Å²) in [7, 11) is 0. The van der Waals surface area contributed by atoms with Gasteiger partial charge in [-0.1, -0.05) is 41.4 Å². The molecule has 0 aliphatic heterocycles.